The zero-order valence-electron chi connectivity index (χ0n) is 13.5. The molecule has 0 saturated carbocycles. The van der Waals surface area contributed by atoms with Crippen molar-refractivity contribution in [3.63, 3.8) is 0 Å². The van der Waals surface area contributed by atoms with Gasteiger partial charge in [-0.1, -0.05) is 18.2 Å². The first kappa shape index (κ1) is 18.2. The van der Waals surface area contributed by atoms with Crippen molar-refractivity contribution in [2.24, 2.45) is 0 Å². The second kappa shape index (κ2) is 8.12. The molecule has 0 unspecified atom stereocenters. The molecule has 24 heavy (non-hydrogen) atoms. The Morgan fingerprint density at radius 3 is 2.96 bits per heavy atom. The minimum atomic E-state index is -0.261. The lowest BCUT2D eigenvalue weighted by molar-refractivity contribution is -0.133. The summed E-state index contributed by atoms with van der Waals surface area (Å²) in [6.45, 7) is 4.70. The Morgan fingerprint density at radius 1 is 1.38 bits per heavy atom. The molecule has 130 valence electrons. The van der Waals surface area contributed by atoms with Crippen LogP contribution in [-0.4, -0.2) is 59.1 Å². The molecule has 1 aliphatic heterocycles. The number of benzene rings is 1. The van der Waals surface area contributed by atoms with Crippen molar-refractivity contribution in [2.45, 2.75) is 19.4 Å². The predicted molar refractivity (Wildman–Crippen MR) is 94.3 cm³/mol. The van der Waals surface area contributed by atoms with E-state index in [2.05, 4.69) is 20.8 Å². The van der Waals surface area contributed by atoms with Crippen LogP contribution in [-0.2, 0) is 4.79 Å². The number of piperazine rings is 1. The standard InChI is InChI=1S/C16H21N5O2.ClH/c1-11-10-17-8-9-21(11)14(22)6-7-18-16(23)15-12-4-2-3-5-13(12)19-20-15;/h2-5,11,17H,6-10H2,1H3,(H,18,23)(H,19,20);1H/t11-;/m1./s1. The lowest BCUT2D eigenvalue weighted by atomic mass is 10.2. The van der Waals surface area contributed by atoms with Crippen LogP contribution in [0.25, 0.3) is 10.9 Å². The third kappa shape index (κ3) is 3.85. The van der Waals surface area contributed by atoms with Gasteiger partial charge in [-0.25, -0.2) is 0 Å². The fraction of sp³-hybridized carbons (Fsp3) is 0.438. The van der Waals surface area contributed by atoms with Gasteiger partial charge in [0.2, 0.25) is 5.91 Å². The van der Waals surface area contributed by atoms with Crippen LogP contribution in [0.5, 0.6) is 0 Å². The zero-order chi connectivity index (χ0) is 16.2. The maximum Gasteiger partial charge on any atom is 0.272 e. The minimum absolute atomic E-state index is 0. The fourth-order valence-corrected chi connectivity index (χ4v) is 2.86. The van der Waals surface area contributed by atoms with Crippen molar-refractivity contribution >= 4 is 35.1 Å². The van der Waals surface area contributed by atoms with Gasteiger partial charge in [-0.2, -0.15) is 5.10 Å². The fourth-order valence-electron chi connectivity index (χ4n) is 2.86. The van der Waals surface area contributed by atoms with Crippen LogP contribution < -0.4 is 10.6 Å². The Kier molecular flexibility index (Phi) is 6.16. The van der Waals surface area contributed by atoms with E-state index in [1.165, 1.54) is 0 Å². The molecule has 7 nitrogen and oxygen atoms in total. The number of H-pyrrole nitrogens is 1. The van der Waals surface area contributed by atoms with Gasteiger partial charge in [0.25, 0.3) is 5.91 Å². The van der Waals surface area contributed by atoms with E-state index in [9.17, 15) is 9.59 Å². The summed E-state index contributed by atoms with van der Waals surface area (Å²) in [5, 5.41) is 13.7. The number of carbonyl (C=O) groups is 2. The summed E-state index contributed by atoms with van der Waals surface area (Å²) >= 11 is 0. The monoisotopic (exact) mass is 351 g/mol. The first-order valence-corrected chi connectivity index (χ1v) is 7.88. The van der Waals surface area contributed by atoms with Crippen molar-refractivity contribution in [3.8, 4) is 0 Å². The number of fused-ring (bicyclic) bond motifs is 1. The molecular weight excluding hydrogens is 330 g/mol. The van der Waals surface area contributed by atoms with E-state index in [-0.39, 0.29) is 30.3 Å². The highest BCUT2D eigenvalue weighted by Gasteiger charge is 2.22. The Hall–Kier alpha value is -2.12. The van der Waals surface area contributed by atoms with E-state index in [0.717, 1.165) is 30.5 Å². The van der Waals surface area contributed by atoms with Crippen LogP contribution in [0.15, 0.2) is 24.3 Å². The molecule has 1 atom stereocenters. The summed E-state index contributed by atoms with van der Waals surface area (Å²) in [6.07, 6.45) is 0.304. The first-order chi connectivity index (χ1) is 11.2. The molecule has 3 rings (SSSR count). The number of carbonyl (C=O) groups excluding carboxylic acids is 2. The number of rotatable bonds is 4. The van der Waals surface area contributed by atoms with Crippen molar-refractivity contribution in [1.29, 1.82) is 0 Å². The SMILES string of the molecule is C[C@@H]1CNCCN1C(=O)CCNC(=O)c1n[nH]c2ccccc12.Cl. The Bertz CT molecular complexity index is 717. The number of halogens is 1. The Morgan fingerprint density at radius 2 is 2.17 bits per heavy atom. The molecule has 2 aromatic rings. The van der Waals surface area contributed by atoms with E-state index in [1.54, 1.807) is 0 Å². The average Bonchev–Trinajstić information content (AvgIpc) is 2.99. The van der Waals surface area contributed by atoms with Gasteiger partial charge in [0.1, 0.15) is 0 Å². The highest BCUT2D eigenvalue weighted by molar-refractivity contribution is 6.04. The molecule has 1 aromatic carbocycles. The van der Waals surface area contributed by atoms with E-state index < -0.39 is 0 Å². The molecule has 2 amide bonds. The molecule has 0 radical (unpaired) electrons. The minimum Gasteiger partial charge on any atom is -0.350 e. The lowest BCUT2D eigenvalue weighted by Gasteiger charge is -2.34. The number of aromatic nitrogens is 2. The van der Waals surface area contributed by atoms with Gasteiger partial charge >= 0.3 is 0 Å². The highest BCUT2D eigenvalue weighted by Crippen LogP contribution is 2.14. The second-order valence-electron chi connectivity index (χ2n) is 5.76. The number of para-hydroxylation sites is 1. The van der Waals surface area contributed by atoms with Crippen molar-refractivity contribution in [3.05, 3.63) is 30.0 Å². The summed E-state index contributed by atoms with van der Waals surface area (Å²) in [5.74, 6) is -0.185. The van der Waals surface area contributed by atoms with E-state index >= 15 is 0 Å². The lowest BCUT2D eigenvalue weighted by Crippen LogP contribution is -2.52. The third-order valence-corrected chi connectivity index (χ3v) is 4.13. The highest BCUT2D eigenvalue weighted by atomic mass is 35.5. The van der Waals surface area contributed by atoms with Crippen LogP contribution in [0.2, 0.25) is 0 Å². The van der Waals surface area contributed by atoms with Crippen molar-refractivity contribution < 1.29 is 9.59 Å². The van der Waals surface area contributed by atoms with Gasteiger partial charge < -0.3 is 15.5 Å². The van der Waals surface area contributed by atoms with Gasteiger partial charge in [0.05, 0.1) is 5.52 Å². The van der Waals surface area contributed by atoms with E-state index in [0.29, 0.717) is 18.7 Å². The molecule has 8 heteroatoms. The summed E-state index contributed by atoms with van der Waals surface area (Å²) in [4.78, 5) is 26.3. The second-order valence-corrected chi connectivity index (χ2v) is 5.76. The smallest absolute Gasteiger partial charge is 0.272 e. The normalized spacial score (nSPS) is 17.4. The van der Waals surface area contributed by atoms with Gasteiger partial charge in [0.15, 0.2) is 5.69 Å². The maximum absolute atomic E-state index is 12.2. The number of nitrogens with one attached hydrogen (secondary N) is 3. The van der Waals surface area contributed by atoms with E-state index in [4.69, 9.17) is 0 Å². The topological polar surface area (TPSA) is 90.1 Å². The Balaban J connectivity index is 0.00000208. The van der Waals surface area contributed by atoms with Gasteiger partial charge in [-0.3, -0.25) is 14.7 Å². The number of hydrogen-bond acceptors (Lipinski definition) is 4. The summed E-state index contributed by atoms with van der Waals surface area (Å²) in [6, 6.07) is 7.66. The predicted octanol–water partition coefficient (Wildman–Crippen LogP) is 0.925. The van der Waals surface area contributed by atoms with Crippen LogP contribution in [0.1, 0.15) is 23.8 Å². The maximum atomic E-state index is 12.2. The number of amides is 2. The number of hydrogen-bond donors (Lipinski definition) is 3. The van der Waals surface area contributed by atoms with Gasteiger partial charge in [0, 0.05) is 44.0 Å². The molecule has 2 heterocycles. The third-order valence-electron chi connectivity index (χ3n) is 4.13. The first-order valence-electron chi connectivity index (χ1n) is 7.88. The van der Waals surface area contributed by atoms with Crippen LogP contribution in [0, 0.1) is 0 Å². The zero-order valence-corrected chi connectivity index (χ0v) is 14.4. The summed E-state index contributed by atoms with van der Waals surface area (Å²) < 4.78 is 0. The van der Waals surface area contributed by atoms with Gasteiger partial charge in [-0.15, -0.1) is 12.4 Å². The molecule has 0 aliphatic carbocycles. The molecule has 0 spiro atoms. The summed E-state index contributed by atoms with van der Waals surface area (Å²) in [7, 11) is 0. The number of aromatic amines is 1. The largest absolute Gasteiger partial charge is 0.350 e. The quantitative estimate of drug-likeness (QED) is 0.764. The van der Waals surface area contributed by atoms with E-state index in [1.807, 2.05) is 36.1 Å². The van der Waals surface area contributed by atoms with Crippen LogP contribution >= 0.6 is 12.4 Å². The molecule has 3 N–H and O–H groups in total. The molecule has 0 bridgehead atoms. The molecule has 1 saturated heterocycles. The Labute approximate surface area is 146 Å². The van der Waals surface area contributed by atoms with Crippen LogP contribution in [0.3, 0.4) is 0 Å². The molecule has 1 fully saturated rings. The molecule has 1 aromatic heterocycles. The molecule has 1 aliphatic rings. The summed E-state index contributed by atoms with van der Waals surface area (Å²) in [5.41, 5.74) is 1.19. The van der Waals surface area contributed by atoms with Gasteiger partial charge in [-0.05, 0) is 13.0 Å². The number of nitrogens with zero attached hydrogens (tertiary/aromatic N) is 2. The molecular formula is C16H22ClN5O2. The van der Waals surface area contributed by atoms with Crippen molar-refractivity contribution in [1.82, 2.24) is 25.7 Å². The van der Waals surface area contributed by atoms with Crippen molar-refractivity contribution in [2.75, 3.05) is 26.2 Å². The van der Waals surface area contributed by atoms with Crippen LogP contribution in [0.4, 0.5) is 0 Å². The average molecular weight is 352 g/mol.